The maximum atomic E-state index is 13.2. The third kappa shape index (κ3) is 5.20. The maximum absolute atomic E-state index is 13.2. The zero-order valence-electron chi connectivity index (χ0n) is 14.4. The fourth-order valence-electron chi connectivity index (χ4n) is 3.34. The second-order valence-corrected chi connectivity index (χ2v) is 6.95. The van der Waals surface area contributed by atoms with Gasteiger partial charge >= 0.3 is 0 Å². The van der Waals surface area contributed by atoms with Crippen molar-refractivity contribution in [3.05, 3.63) is 35.4 Å². The highest BCUT2D eigenvalue weighted by molar-refractivity contribution is 5.82. The number of hydrogen-bond acceptors (Lipinski definition) is 4. The summed E-state index contributed by atoms with van der Waals surface area (Å²) in [5, 5.41) is 5.32. The first-order valence-electron chi connectivity index (χ1n) is 8.72. The molecule has 25 heavy (non-hydrogen) atoms. The second kappa shape index (κ2) is 7.76. The number of nitrogens with one attached hydrogen (secondary N) is 2. The summed E-state index contributed by atoms with van der Waals surface area (Å²) in [5.41, 5.74) is 2.14. The number of benzene rings is 1. The molecule has 0 bridgehead atoms. The van der Waals surface area contributed by atoms with E-state index in [2.05, 4.69) is 34.6 Å². The third-order valence-electron chi connectivity index (χ3n) is 4.62. The first kappa shape index (κ1) is 18.2. The molecule has 2 saturated heterocycles. The fraction of sp³-hybridized carbons (Fsp3) is 0.611. The molecule has 2 aliphatic heterocycles. The number of carbonyl (C=O) groups is 1. The maximum Gasteiger partial charge on any atom is 0.262 e. The van der Waals surface area contributed by atoms with E-state index in [1.54, 1.807) is 0 Å². The van der Waals surface area contributed by atoms with Crippen molar-refractivity contribution in [3.63, 3.8) is 0 Å². The smallest absolute Gasteiger partial charge is 0.262 e. The Morgan fingerprint density at radius 3 is 2.96 bits per heavy atom. The lowest BCUT2D eigenvalue weighted by atomic mass is 10.1. The zero-order valence-corrected chi connectivity index (χ0v) is 14.4. The number of hydrogen-bond donors (Lipinski definition) is 2. The lowest BCUT2D eigenvalue weighted by molar-refractivity contribution is -0.123. The number of alkyl halides is 2. The van der Waals surface area contributed by atoms with Crippen LogP contribution >= 0.6 is 0 Å². The molecule has 2 atom stereocenters. The first-order valence-corrected chi connectivity index (χ1v) is 8.72. The highest BCUT2D eigenvalue weighted by Crippen LogP contribution is 2.25. The molecule has 1 amide bonds. The Labute approximate surface area is 146 Å². The van der Waals surface area contributed by atoms with Gasteiger partial charge in [-0.05, 0) is 18.1 Å². The van der Waals surface area contributed by atoms with Gasteiger partial charge in [0.1, 0.15) is 0 Å². The molecule has 2 N–H and O–H groups in total. The molecule has 2 fully saturated rings. The van der Waals surface area contributed by atoms with Crippen LogP contribution in [0, 0.1) is 0 Å². The van der Waals surface area contributed by atoms with Gasteiger partial charge in [-0.1, -0.05) is 24.3 Å². The average Bonchev–Trinajstić information content (AvgIpc) is 2.93. The van der Waals surface area contributed by atoms with Crippen molar-refractivity contribution in [2.45, 2.75) is 44.5 Å². The Morgan fingerprint density at radius 1 is 1.44 bits per heavy atom. The first-order chi connectivity index (χ1) is 11.9. The van der Waals surface area contributed by atoms with Crippen molar-refractivity contribution in [1.82, 2.24) is 15.5 Å². The van der Waals surface area contributed by atoms with Crippen LogP contribution in [0.4, 0.5) is 8.78 Å². The SMILES string of the molecule is CC1CN(Cc2cccc(CNC(=O)C3CC(F)(F)CN3)c2)CCO1. The molecule has 2 unspecified atom stereocenters. The summed E-state index contributed by atoms with van der Waals surface area (Å²) in [4.78, 5) is 14.4. The van der Waals surface area contributed by atoms with Crippen molar-refractivity contribution in [1.29, 1.82) is 0 Å². The van der Waals surface area contributed by atoms with E-state index in [9.17, 15) is 13.6 Å². The predicted octanol–water partition coefficient (Wildman–Crippen LogP) is 1.52. The highest BCUT2D eigenvalue weighted by atomic mass is 19.3. The van der Waals surface area contributed by atoms with E-state index in [0.29, 0.717) is 6.54 Å². The highest BCUT2D eigenvalue weighted by Gasteiger charge is 2.42. The largest absolute Gasteiger partial charge is 0.376 e. The van der Waals surface area contributed by atoms with Gasteiger partial charge < -0.3 is 10.1 Å². The molecule has 1 aromatic rings. The van der Waals surface area contributed by atoms with Crippen LogP contribution in [0.5, 0.6) is 0 Å². The minimum Gasteiger partial charge on any atom is -0.376 e. The number of morpholine rings is 1. The van der Waals surface area contributed by atoms with E-state index in [0.717, 1.165) is 31.8 Å². The van der Waals surface area contributed by atoms with E-state index in [-0.39, 0.29) is 12.0 Å². The lowest BCUT2D eigenvalue weighted by Gasteiger charge is -2.31. The Morgan fingerprint density at radius 2 is 2.24 bits per heavy atom. The molecule has 5 nitrogen and oxygen atoms in total. The summed E-state index contributed by atoms with van der Waals surface area (Å²) in [6, 6.07) is 7.19. The van der Waals surface area contributed by atoms with Gasteiger partial charge in [-0.25, -0.2) is 8.78 Å². The van der Waals surface area contributed by atoms with E-state index in [4.69, 9.17) is 4.74 Å². The van der Waals surface area contributed by atoms with Gasteiger partial charge in [0.15, 0.2) is 0 Å². The zero-order chi connectivity index (χ0) is 17.9. The molecule has 0 saturated carbocycles. The lowest BCUT2D eigenvalue weighted by Crippen LogP contribution is -2.40. The molecule has 2 aliphatic rings. The average molecular weight is 353 g/mol. The molecule has 1 aromatic carbocycles. The minimum absolute atomic E-state index is 0.244. The molecular formula is C18H25F2N3O2. The monoisotopic (exact) mass is 353 g/mol. The van der Waals surface area contributed by atoms with Gasteiger partial charge in [-0.3, -0.25) is 15.0 Å². The van der Waals surface area contributed by atoms with Crippen LogP contribution in [0.1, 0.15) is 24.5 Å². The van der Waals surface area contributed by atoms with Crippen LogP contribution in [-0.2, 0) is 22.6 Å². The number of rotatable bonds is 5. The number of nitrogens with zero attached hydrogens (tertiary/aromatic N) is 1. The van der Waals surface area contributed by atoms with E-state index < -0.39 is 24.9 Å². The Hall–Kier alpha value is -1.57. The van der Waals surface area contributed by atoms with Crippen molar-refractivity contribution in [3.8, 4) is 0 Å². The molecule has 0 spiro atoms. The summed E-state index contributed by atoms with van der Waals surface area (Å²) in [6.45, 7) is 5.38. The van der Waals surface area contributed by atoms with Crippen molar-refractivity contribution in [2.24, 2.45) is 0 Å². The van der Waals surface area contributed by atoms with Crippen molar-refractivity contribution >= 4 is 5.91 Å². The van der Waals surface area contributed by atoms with Crippen molar-refractivity contribution < 1.29 is 18.3 Å². The van der Waals surface area contributed by atoms with Crippen LogP contribution in [0.25, 0.3) is 0 Å². The summed E-state index contributed by atoms with van der Waals surface area (Å²) in [6.07, 6.45) is -0.193. The van der Waals surface area contributed by atoms with Crippen LogP contribution in [0.15, 0.2) is 24.3 Å². The van der Waals surface area contributed by atoms with Gasteiger partial charge in [-0.2, -0.15) is 0 Å². The Balaban J connectivity index is 1.50. The number of carbonyl (C=O) groups excluding carboxylic acids is 1. The summed E-state index contributed by atoms with van der Waals surface area (Å²) in [7, 11) is 0. The molecule has 0 radical (unpaired) electrons. The van der Waals surface area contributed by atoms with Gasteiger partial charge in [0.25, 0.3) is 5.92 Å². The fourth-order valence-corrected chi connectivity index (χ4v) is 3.34. The summed E-state index contributed by atoms with van der Waals surface area (Å²) >= 11 is 0. The van der Waals surface area contributed by atoms with Crippen LogP contribution in [0.2, 0.25) is 0 Å². The van der Waals surface area contributed by atoms with E-state index in [1.807, 2.05) is 12.1 Å². The van der Waals surface area contributed by atoms with Crippen molar-refractivity contribution in [2.75, 3.05) is 26.2 Å². The second-order valence-electron chi connectivity index (χ2n) is 6.95. The molecule has 7 heteroatoms. The molecule has 2 heterocycles. The molecule has 0 aliphatic carbocycles. The third-order valence-corrected chi connectivity index (χ3v) is 4.62. The Kier molecular flexibility index (Phi) is 5.66. The minimum atomic E-state index is -2.79. The van der Waals surface area contributed by atoms with Crippen LogP contribution < -0.4 is 10.6 Å². The standard InChI is InChI=1S/C18H25F2N3O2/c1-13-10-23(5-6-25-13)11-15-4-2-3-14(7-15)9-21-17(24)16-8-18(19,20)12-22-16/h2-4,7,13,16,22H,5-6,8-12H2,1H3,(H,21,24). The number of ether oxygens (including phenoxy) is 1. The van der Waals surface area contributed by atoms with E-state index in [1.165, 1.54) is 5.56 Å². The van der Waals surface area contributed by atoms with E-state index >= 15 is 0 Å². The van der Waals surface area contributed by atoms with Crippen LogP contribution in [-0.4, -0.2) is 55.1 Å². The van der Waals surface area contributed by atoms with Gasteiger partial charge in [0.05, 0.1) is 25.3 Å². The normalized spacial score (nSPS) is 26.5. The number of amides is 1. The van der Waals surface area contributed by atoms with Crippen LogP contribution in [0.3, 0.4) is 0 Å². The summed E-state index contributed by atoms with van der Waals surface area (Å²) in [5.74, 6) is -3.17. The molecule has 138 valence electrons. The summed E-state index contributed by atoms with van der Waals surface area (Å²) < 4.78 is 31.9. The molecule has 3 rings (SSSR count). The van der Waals surface area contributed by atoms with Gasteiger partial charge in [0.2, 0.25) is 5.91 Å². The van der Waals surface area contributed by atoms with Gasteiger partial charge in [0, 0.05) is 32.6 Å². The van der Waals surface area contributed by atoms with Gasteiger partial charge in [-0.15, -0.1) is 0 Å². The molecular weight excluding hydrogens is 328 g/mol. The predicted molar refractivity (Wildman–Crippen MR) is 90.3 cm³/mol. The Bertz CT molecular complexity index is 612. The molecule has 0 aromatic heterocycles. The quantitative estimate of drug-likeness (QED) is 0.843. The topological polar surface area (TPSA) is 53.6 Å². The number of halogens is 2.